The zero-order valence-electron chi connectivity index (χ0n) is 33.4. The zero-order chi connectivity index (χ0) is 40.0. The summed E-state index contributed by atoms with van der Waals surface area (Å²) >= 11 is 0. The number of hydrogen-bond acceptors (Lipinski definition) is 10. The van der Waals surface area contributed by atoms with Crippen LogP contribution in [-0.4, -0.2) is 129 Å². The van der Waals surface area contributed by atoms with Gasteiger partial charge in [0.25, 0.3) is 0 Å². The number of likely N-dealkylation sites (N-methyl/N-ethyl adjacent to an activating group) is 1. The molecule has 1 saturated heterocycles. The summed E-state index contributed by atoms with van der Waals surface area (Å²) in [6.45, 7) is 8.92. The SMILES string of the molecule is CC(C(=O)NC(C(=O)N1CC(NC(=O)COCCOCCOCCN)CC1C(=O)NC1CCCc2ccccc21)C1CCCCC1)N(C)C(=O)OC(C)(C)C. The smallest absolute Gasteiger partial charge is 0.410 e. The van der Waals surface area contributed by atoms with E-state index in [9.17, 15) is 24.0 Å². The van der Waals surface area contributed by atoms with E-state index in [-0.39, 0.29) is 62.5 Å². The first-order valence-corrected chi connectivity index (χ1v) is 20.0. The third-order valence-electron chi connectivity index (χ3n) is 10.5. The lowest BCUT2D eigenvalue weighted by Crippen LogP contribution is -2.59. The lowest BCUT2D eigenvalue weighted by molar-refractivity contribution is -0.143. The molecule has 1 aromatic rings. The van der Waals surface area contributed by atoms with Crippen LogP contribution in [0.4, 0.5) is 4.79 Å². The monoisotopic (exact) mass is 772 g/mol. The number of aryl methyl sites for hydroxylation is 1. The second-order valence-corrected chi connectivity index (χ2v) is 15.9. The van der Waals surface area contributed by atoms with Gasteiger partial charge in [0, 0.05) is 26.2 Å². The topological polar surface area (TPSA) is 191 Å². The molecule has 2 fully saturated rings. The minimum absolute atomic E-state index is 0.0856. The number of carbonyl (C=O) groups excluding carboxylic acids is 5. The summed E-state index contributed by atoms with van der Waals surface area (Å²) in [4.78, 5) is 71.3. The highest BCUT2D eigenvalue weighted by Gasteiger charge is 2.45. The number of likely N-dealkylation sites (tertiary alicyclic amines) is 1. The fourth-order valence-electron chi connectivity index (χ4n) is 7.53. The van der Waals surface area contributed by atoms with Crippen molar-refractivity contribution >= 4 is 29.7 Å². The van der Waals surface area contributed by atoms with Gasteiger partial charge in [0.15, 0.2) is 0 Å². The molecule has 3 aliphatic rings. The summed E-state index contributed by atoms with van der Waals surface area (Å²) in [5.41, 5.74) is 6.92. The summed E-state index contributed by atoms with van der Waals surface area (Å²) in [5.74, 6) is -1.71. The Kier molecular flexibility index (Phi) is 17.2. The summed E-state index contributed by atoms with van der Waals surface area (Å²) in [5, 5.41) is 9.17. The van der Waals surface area contributed by atoms with Crippen molar-refractivity contribution in [2.45, 2.75) is 121 Å². The molecule has 5 unspecified atom stereocenters. The van der Waals surface area contributed by atoms with Crippen LogP contribution in [0.1, 0.15) is 96.2 Å². The summed E-state index contributed by atoms with van der Waals surface area (Å²) in [6, 6.07) is 4.61. The van der Waals surface area contributed by atoms with E-state index in [1.807, 2.05) is 18.2 Å². The van der Waals surface area contributed by atoms with E-state index in [4.69, 9.17) is 24.7 Å². The van der Waals surface area contributed by atoms with Gasteiger partial charge in [-0.25, -0.2) is 4.79 Å². The van der Waals surface area contributed by atoms with Crippen LogP contribution in [0.2, 0.25) is 0 Å². The van der Waals surface area contributed by atoms with Gasteiger partial charge in [-0.15, -0.1) is 0 Å². The maximum atomic E-state index is 14.7. The van der Waals surface area contributed by atoms with E-state index >= 15 is 0 Å². The van der Waals surface area contributed by atoms with E-state index < -0.39 is 41.8 Å². The molecule has 1 heterocycles. The number of hydrogen-bond donors (Lipinski definition) is 4. The number of ether oxygens (including phenoxy) is 4. The van der Waals surface area contributed by atoms with Crippen LogP contribution < -0.4 is 21.7 Å². The van der Waals surface area contributed by atoms with Crippen LogP contribution >= 0.6 is 0 Å². The van der Waals surface area contributed by atoms with Crippen LogP contribution in [-0.2, 0) is 44.5 Å². The van der Waals surface area contributed by atoms with Gasteiger partial charge in [-0.1, -0.05) is 43.5 Å². The predicted molar refractivity (Wildman–Crippen MR) is 206 cm³/mol. The zero-order valence-corrected chi connectivity index (χ0v) is 33.4. The summed E-state index contributed by atoms with van der Waals surface area (Å²) in [7, 11) is 1.49. The molecule has 5 atom stereocenters. The highest BCUT2D eigenvalue weighted by atomic mass is 16.6. The largest absolute Gasteiger partial charge is 0.444 e. The molecule has 55 heavy (non-hydrogen) atoms. The molecule has 15 nitrogen and oxygen atoms in total. The molecule has 0 spiro atoms. The van der Waals surface area contributed by atoms with Crippen LogP contribution in [0, 0.1) is 5.92 Å². The lowest BCUT2D eigenvalue weighted by Gasteiger charge is -2.36. The number of rotatable bonds is 18. The first kappa shape index (κ1) is 43.9. The Hall–Kier alpha value is -3.79. The average Bonchev–Trinajstić information content (AvgIpc) is 3.59. The normalized spacial score (nSPS) is 21.2. The minimum Gasteiger partial charge on any atom is -0.444 e. The Labute approximate surface area is 326 Å². The van der Waals surface area contributed by atoms with Crippen molar-refractivity contribution < 1.29 is 42.9 Å². The number of benzene rings is 1. The Balaban J connectivity index is 1.48. The number of fused-ring (bicyclic) bond motifs is 1. The lowest BCUT2D eigenvalue weighted by atomic mass is 9.83. The number of nitrogens with zero attached hydrogens (tertiary/aromatic N) is 2. The highest BCUT2D eigenvalue weighted by molar-refractivity contribution is 5.94. The van der Waals surface area contributed by atoms with Crippen LogP contribution in [0.25, 0.3) is 0 Å². The van der Waals surface area contributed by atoms with Gasteiger partial charge in [-0.2, -0.15) is 0 Å². The van der Waals surface area contributed by atoms with Gasteiger partial charge in [0.2, 0.25) is 23.6 Å². The van der Waals surface area contributed by atoms with E-state index in [1.165, 1.54) is 22.4 Å². The van der Waals surface area contributed by atoms with Gasteiger partial charge in [0.05, 0.1) is 39.1 Å². The van der Waals surface area contributed by atoms with Gasteiger partial charge >= 0.3 is 6.09 Å². The first-order valence-electron chi connectivity index (χ1n) is 20.0. The molecule has 5 amide bonds. The van der Waals surface area contributed by atoms with Crippen LogP contribution in [0.15, 0.2) is 24.3 Å². The standard InChI is InChI=1S/C40H64N6O9/c1-27(45(5)39(51)55-40(2,3)4)36(48)44-35(29-13-7-6-8-14-29)38(50)46-25-30(42-34(47)26-54-23-22-53-21-20-52-19-18-41)24-33(46)37(49)43-32-17-11-15-28-12-9-10-16-31(28)32/h9-10,12,16,27,29-30,32-33,35H,6-8,11,13-15,17-26,41H2,1-5H3,(H,42,47)(H,43,49)(H,44,48). The molecule has 1 aliphatic heterocycles. The Bertz CT molecular complexity index is 1430. The number of nitrogens with two attached hydrogens (primary N) is 1. The molecule has 5 N–H and O–H groups in total. The molecule has 1 saturated carbocycles. The van der Waals surface area contributed by atoms with E-state index in [0.717, 1.165) is 56.9 Å². The molecule has 2 aliphatic carbocycles. The Morgan fingerprint density at radius 3 is 2.27 bits per heavy atom. The number of nitrogens with one attached hydrogen (secondary N) is 3. The quantitative estimate of drug-likeness (QED) is 0.162. The summed E-state index contributed by atoms with van der Waals surface area (Å²) in [6.07, 6.45) is 6.51. The fourth-order valence-corrected chi connectivity index (χ4v) is 7.53. The second kappa shape index (κ2) is 21.5. The molecule has 15 heteroatoms. The molecular formula is C40H64N6O9. The maximum absolute atomic E-state index is 14.7. The van der Waals surface area contributed by atoms with E-state index in [0.29, 0.717) is 26.4 Å². The minimum atomic E-state index is -0.931. The average molecular weight is 773 g/mol. The highest BCUT2D eigenvalue weighted by Crippen LogP contribution is 2.32. The van der Waals surface area contributed by atoms with Crippen molar-refractivity contribution in [3.8, 4) is 0 Å². The van der Waals surface area contributed by atoms with Crippen molar-refractivity contribution in [3.63, 3.8) is 0 Å². The molecule has 0 aromatic heterocycles. The second-order valence-electron chi connectivity index (χ2n) is 15.9. The molecule has 0 bridgehead atoms. The van der Waals surface area contributed by atoms with Crippen molar-refractivity contribution in [1.29, 1.82) is 0 Å². The molecule has 0 radical (unpaired) electrons. The van der Waals surface area contributed by atoms with E-state index in [2.05, 4.69) is 22.0 Å². The Morgan fingerprint density at radius 2 is 1.58 bits per heavy atom. The molecule has 308 valence electrons. The van der Waals surface area contributed by atoms with Gasteiger partial charge in [-0.05, 0) is 83.3 Å². The van der Waals surface area contributed by atoms with Crippen molar-refractivity contribution in [3.05, 3.63) is 35.4 Å². The predicted octanol–water partition coefficient (Wildman–Crippen LogP) is 2.59. The van der Waals surface area contributed by atoms with Gasteiger partial charge in [-0.3, -0.25) is 24.1 Å². The maximum Gasteiger partial charge on any atom is 0.410 e. The van der Waals surface area contributed by atoms with Crippen LogP contribution in [0.3, 0.4) is 0 Å². The fraction of sp³-hybridized carbons (Fsp3) is 0.725. The van der Waals surface area contributed by atoms with Crippen molar-refractivity contribution in [2.75, 3.05) is 59.8 Å². The van der Waals surface area contributed by atoms with Crippen molar-refractivity contribution in [1.82, 2.24) is 25.8 Å². The molecular weight excluding hydrogens is 708 g/mol. The third kappa shape index (κ3) is 13.4. The first-order chi connectivity index (χ1) is 26.3. The molecule has 4 rings (SSSR count). The van der Waals surface area contributed by atoms with E-state index in [1.54, 1.807) is 27.7 Å². The Morgan fingerprint density at radius 1 is 0.909 bits per heavy atom. The van der Waals surface area contributed by atoms with Crippen molar-refractivity contribution in [2.24, 2.45) is 11.7 Å². The number of amides is 5. The summed E-state index contributed by atoms with van der Waals surface area (Å²) < 4.78 is 21.7. The molecule has 1 aromatic carbocycles. The van der Waals surface area contributed by atoms with Gasteiger partial charge < -0.3 is 45.5 Å². The van der Waals surface area contributed by atoms with Crippen LogP contribution in [0.5, 0.6) is 0 Å². The van der Waals surface area contributed by atoms with Gasteiger partial charge in [0.1, 0.15) is 30.3 Å². The number of carbonyl (C=O) groups is 5. The third-order valence-corrected chi connectivity index (χ3v) is 10.5.